The second kappa shape index (κ2) is 53.5. The van der Waals surface area contributed by atoms with Crippen LogP contribution in [0.1, 0.15) is 258 Å². The molecule has 8 unspecified atom stereocenters. The first kappa shape index (κ1) is 71.9. The third-order valence-corrected chi connectivity index (χ3v) is 14.3. The number of nitrogens with one attached hydrogen (secondary N) is 1. The lowest BCUT2D eigenvalue weighted by molar-refractivity contribution is -0.305. The Morgan fingerprint density at radius 1 is 0.519 bits per heavy atom. The fourth-order valence-corrected chi connectivity index (χ4v) is 9.38. The summed E-state index contributed by atoms with van der Waals surface area (Å²) in [5.74, 6) is -1.28. The molecule has 0 aromatic carbocycles. The molecule has 6 N–H and O–H groups in total. The fourth-order valence-electron chi connectivity index (χ4n) is 9.38. The number of esters is 1. The van der Waals surface area contributed by atoms with Gasteiger partial charge < -0.3 is 45.1 Å². The van der Waals surface area contributed by atoms with E-state index in [0.717, 1.165) is 70.6 Å². The van der Waals surface area contributed by atoms with Crippen molar-refractivity contribution in [3.63, 3.8) is 0 Å². The van der Waals surface area contributed by atoms with E-state index in [1.54, 1.807) is 6.08 Å². The van der Waals surface area contributed by atoms with Gasteiger partial charge in [-0.2, -0.15) is 0 Å². The first-order valence-electron chi connectivity index (χ1n) is 31.4. The van der Waals surface area contributed by atoms with Gasteiger partial charge in [0.15, 0.2) is 12.4 Å². The molecule has 1 aliphatic heterocycles. The van der Waals surface area contributed by atoms with Crippen LogP contribution < -0.4 is 5.32 Å². The van der Waals surface area contributed by atoms with Crippen LogP contribution in [0.5, 0.6) is 0 Å². The second-order valence-electron chi connectivity index (χ2n) is 21.4. The van der Waals surface area contributed by atoms with E-state index in [0.29, 0.717) is 19.3 Å². The summed E-state index contributed by atoms with van der Waals surface area (Å²) in [4.78, 5) is 26.5. The van der Waals surface area contributed by atoms with Crippen LogP contribution in [-0.4, -0.2) is 99.6 Å². The molecule has 0 bridgehead atoms. The molecule has 0 aromatic heterocycles. The van der Waals surface area contributed by atoms with Crippen molar-refractivity contribution in [1.29, 1.82) is 0 Å². The molecular weight excluding hydrogens is 967 g/mol. The maximum atomic E-state index is 13.4. The zero-order chi connectivity index (χ0) is 56.1. The van der Waals surface area contributed by atoms with Gasteiger partial charge in [-0.15, -0.1) is 0 Å². The molecule has 1 saturated heterocycles. The molecular formula is C66H115NO10. The molecule has 0 saturated carbocycles. The van der Waals surface area contributed by atoms with Crippen molar-refractivity contribution < 1.29 is 49.3 Å². The van der Waals surface area contributed by atoms with Crippen LogP contribution in [0.25, 0.3) is 0 Å². The molecule has 11 heteroatoms. The van der Waals surface area contributed by atoms with Gasteiger partial charge in [0.2, 0.25) is 5.91 Å². The topological polar surface area (TPSA) is 175 Å². The van der Waals surface area contributed by atoms with Crippen LogP contribution in [0.4, 0.5) is 0 Å². The molecule has 0 aliphatic carbocycles. The maximum absolute atomic E-state index is 13.4. The van der Waals surface area contributed by atoms with Gasteiger partial charge in [-0.3, -0.25) is 9.59 Å². The Hall–Kier alpha value is -3.16. The highest BCUT2D eigenvalue weighted by Crippen LogP contribution is 2.26. The van der Waals surface area contributed by atoms with E-state index in [-0.39, 0.29) is 19.4 Å². The highest BCUT2D eigenvalue weighted by atomic mass is 16.7. The molecule has 0 aromatic rings. The second-order valence-corrected chi connectivity index (χ2v) is 21.4. The van der Waals surface area contributed by atoms with Crippen molar-refractivity contribution >= 4 is 11.9 Å². The van der Waals surface area contributed by atoms with E-state index in [1.165, 1.54) is 135 Å². The first-order valence-corrected chi connectivity index (χ1v) is 31.4. The van der Waals surface area contributed by atoms with Crippen molar-refractivity contribution in [3.05, 3.63) is 85.1 Å². The third kappa shape index (κ3) is 41.5. The van der Waals surface area contributed by atoms with Crippen LogP contribution >= 0.6 is 0 Å². The fraction of sp³-hybridized carbons (Fsp3) is 0.758. The number of ether oxygens (including phenoxy) is 3. The van der Waals surface area contributed by atoms with Gasteiger partial charge in [0, 0.05) is 6.42 Å². The van der Waals surface area contributed by atoms with Crippen molar-refractivity contribution in [2.45, 2.75) is 307 Å². The molecule has 1 rings (SSSR count). The normalized spacial score (nSPS) is 19.6. The Labute approximate surface area is 470 Å². The number of carbonyl (C=O) groups is 2. The van der Waals surface area contributed by atoms with Crippen molar-refractivity contribution in [3.8, 4) is 0 Å². The molecule has 77 heavy (non-hydrogen) atoms. The highest BCUT2D eigenvalue weighted by Gasteiger charge is 2.47. The Kier molecular flexibility index (Phi) is 49.9. The van der Waals surface area contributed by atoms with E-state index in [2.05, 4.69) is 86.8 Å². The number of carbonyl (C=O) groups excluding carboxylic acids is 2. The zero-order valence-corrected chi connectivity index (χ0v) is 49.1. The lowest BCUT2D eigenvalue weighted by Gasteiger charge is -2.41. The maximum Gasteiger partial charge on any atom is 0.306 e. The summed E-state index contributed by atoms with van der Waals surface area (Å²) in [6.45, 7) is 5.65. The average Bonchev–Trinajstić information content (AvgIpc) is 3.43. The summed E-state index contributed by atoms with van der Waals surface area (Å²) in [5.41, 5.74) is 0. The Morgan fingerprint density at radius 3 is 1.38 bits per heavy atom. The molecule has 1 aliphatic rings. The Morgan fingerprint density at radius 2 is 0.935 bits per heavy atom. The summed E-state index contributed by atoms with van der Waals surface area (Å²) in [7, 11) is 0. The minimum absolute atomic E-state index is 0.00373. The van der Waals surface area contributed by atoms with Crippen LogP contribution in [-0.2, 0) is 23.8 Å². The predicted molar refractivity (Wildman–Crippen MR) is 319 cm³/mol. The number of allylic oxidation sites excluding steroid dienone is 13. The predicted octanol–water partition coefficient (Wildman–Crippen LogP) is 14.9. The first-order chi connectivity index (χ1) is 37.7. The number of aliphatic hydroxyl groups is 5. The van der Waals surface area contributed by atoms with Gasteiger partial charge >= 0.3 is 5.97 Å². The van der Waals surface area contributed by atoms with Gasteiger partial charge in [-0.05, 0) is 64.2 Å². The molecule has 1 amide bonds. The van der Waals surface area contributed by atoms with Gasteiger partial charge in [0.05, 0.1) is 25.4 Å². The number of unbranched alkanes of at least 4 members (excludes halogenated alkanes) is 26. The number of aliphatic hydroxyl groups excluding tert-OH is 5. The number of hydrogen-bond donors (Lipinski definition) is 6. The number of rotatable bonds is 52. The van der Waals surface area contributed by atoms with Crippen molar-refractivity contribution in [2.75, 3.05) is 13.2 Å². The quantitative estimate of drug-likeness (QED) is 0.0195. The zero-order valence-electron chi connectivity index (χ0n) is 49.1. The molecule has 11 nitrogen and oxygen atoms in total. The summed E-state index contributed by atoms with van der Waals surface area (Å²) >= 11 is 0. The lowest BCUT2D eigenvalue weighted by Crippen LogP contribution is -2.61. The van der Waals surface area contributed by atoms with E-state index in [4.69, 9.17) is 14.2 Å². The average molecular weight is 1080 g/mol. The molecule has 1 heterocycles. The van der Waals surface area contributed by atoms with E-state index >= 15 is 0 Å². The van der Waals surface area contributed by atoms with Crippen LogP contribution in [0.15, 0.2) is 85.1 Å². The van der Waals surface area contributed by atoms with Gasteiger partial charge in [0.25, 0.3) is 0 Å². The van der Waals surface area contributed by atoms with Crippen LogP contribution in [0.2, 0.25) is 0 Å². The van der Waals surface area contributed by atoms with E-state index < -0.39 is 67.4 Å². The molecule has 1 fully saturated rings. The van der Waals surface area contributed by atoms with Crippen molar-refractivity contribution in [1.82, 2.24) is 5.32 Å². The minimum Gasteiger partial charge on any atom is -0.454 e. The van der Waals surface area contributed by atoms with E-state index in [1.807, 2.05) is 18.2 Å². The van der Waals surface area contributed by atoms with Gasteiger partial charge in [0.1, 0.15) is 24.4 Å². The largest absolute Gasteiger partial charge is 0.454 e. The van der Waals surface area contributed by atoms with E-state index in [9.17, 15) is 35.1 Å². The third-order valence-electron chi connectivity index (χ3n) is 14.3. The Balaban J connectivity index is 2.74. The SMILES string of the molecule is CC/C=C\C/C=C\C/C=C\C/C=C\C/C=C\C/C=C\CCC(=O)OC1C(OCC(NC(=O)C(O)CCCCCCCCCCCCCCCCCC)C(O)/C=C/CCCCCCCCCCCCC)OC(CO)C(O)C1O. The van der Waals surface area contributed by atoms with Crippen LogP contribution in [0.3, 0.4) is 0 Å². The van der Waals surface area contributed by atoms with Gasteiger partial charge in [-0.25, -0.2) is 0 Å². The highest BCUT2D eigenvalue weighted by molar-refractivity contribution is 5.80. The van der Waals surface area contributed by atoms with Gasteiger partial charge in [-0.1, -0.05) is 273 Å². The summed E-state index contributed by atoms with van der Waals surface area (Å²) in [6, 6.07) is -1.04. The minimum atomic E-state index is -1.65. The molecule has 0 radical (unpaired) electrons. The van der Waals surface area contributed by atoms with Crippen LogP contribution in [0, 0.1) is 0 Å². The Bertz CT molecular complexity index is 1570. The molecule has 444 valence electrons. The monoisotopic (exact) mass is 1080 g/mol. The smallest absolute Gasteiger partial charge is 0.306 e. The summed E-state index contributed by atoms with van der Waals surface area (Å²) < 4.78 is 17.5. The summed E-state index contributed by atoms with van der Waals surface area (Å²) in [5, 5.41) is 57.0. The summed E-state index contributed by atoms with van der Waals surface area (Å²) in [6.07, 6.45) is 59.1. The molecule has 8 atom stereocenters. The number of amides is 1. The molecule has 0 spiro atoms. The standard InChI is InChI=1S/C66H115NO10/c1-4-7-10-13-16-19-22-25-27-29-30-31-33-36-39-42-45-48-51-54-61(71)77-64-63(73)62(72)60(55-68)76-66(64)75-56-57(58(69)52-49-46-43-40-37-34-24-21-18-15-12-9-6-3)67-65(74)59(70)53-50-47-44-41-38-35-32-28-26-23-20-17-14-11-8-5-2/h7,10,16,19,25,27,30-31,36,39,45,48-49,52,57-60,62-64,66,68-70,72-73H,4-6,8-9,11-15,17-18,20-24,26,28-29,32-35,37-38,40-44,46-47,50-51,53-56H2,1-3H3,(H,67,74)/b10-7-,19-16-,27-25-,31-30-,39-36-,48-45-,52-49+. The lowest BCUT2D eigenvalue weighted by atomic mass is 9.99. The van der Waals surface area contributed by atoms with Crippen molar-refractivity contribution in [2.24, 2.45) is 0 Å². The number of hydrogen-bond acceptors (Lipinski definition) is 10.